The van der Waals surface area contributed by atoms with Crippen molar-refractivity contribution in [2.24, 2.45) is 5.41 Å². The number of aryl methyl sites for hydroxylation is 1. The maximum absolute atomic E-state index is 12.2. The van der Waals surface area contributed by atoms with Crippen LogP contribution in [0.5, 0.6) is 0 Å². The molecule has 2 aromatic rings. The van der Waals surface area contributed by atoms with Gasteiger partial charge in [-0.15, -0.1) is 0 Å². The average Bonchev–Trinajstić information content (AvgIpc) is 3.13. The monoisotopic (exact) mass is 568 g/mol. The zero-order valence-corrected chi connectivity index (χ0v) is 23.1. The Morgan fingerprint density at radius 1 is 1.21 bits per heavy atom. The second-order valence-electron chi connectivity index (χ2n) is 10.5. The molecule has 34 heavy (non-hydrogen) atoms. The number of hydrogen-bond acceptors (Lipinski definition) is 4. The van der Waals surface area contributed by atoms with Gasteiger partial charge in [-0.05, 0) is 80.8 Å². The molecule has 9 heteroatoms. The van der Waals surface area contributed by atoms with Crippen molar-refractivity contribution in [2.45, 2.75) is 71.4 Å². The summed E-state index contributed by atoms with van der Waals surface area (Å²) in [5.74, 6) is 0.815. The lowest BCUT2D eigenvalue weighted by atomic mass is 9.72. The zero-order valence-electron chi connectivity index (χ0n) is 20.0. The van der Waals surface area contributed by atoms with Crippen LogP contribution in [0.2, 0.25) is 10.0 Å². The van der Waals surface area contributed by atoms with Gasteiger partial charge in [-0.2, -0.15) is 0 Å². The fourth-order valence-corrected chi connectivity index (χ4v) is 6.69. The number of anilines is 1. The third-order valence-corrected chi connectivity index (χ3v) is 8.73. The van der Waals surface area contributed by atoms with E-state index in [0.29, 0.717) is 20.3 Å². The van der Waals surface area contributed by atoms with Gasteiger partial charge in [0.15, 0.2) is 5.82 Å². The summed E-state index contributed by atoms with van der Waals surface area (Å²) in [7, 11) is 0. The minimum absolute atomic E-state index is 0.0192. The highest BCUT2D eigenvalue weighted by Crippen LogP contribution is 2.51. The lowest BCUT2D eigenvalue weighted by molar-refractivity contribution is 0.0141. The van der Waals surface area contributed by atoms with Crippen molar-refractivity contribution in [3.05, 3.63) is 38.5 Å². The van der Waals surface area contributed by atoms with E-state index in [2.05, 4.69) is 20.8 Å². The minimum atomic E-state index is -0.819. The molecule has 1 atom stereocenters. The van der Waals surface area contributed by atoms with Crippen molar-refractivity contribution < 1.29 is 9.90 Å². The first-order chi connectivity index (χ1) is 15.9. The SMILES string of the molecule is Cc1nc(N2CCC3(CCCC3N(C(=O)O)C(C)(C)C)CC2)c(Br)nc1-c1cccc(Cl)c1Cl. The lowest BCUT2D eigenvalue weighted by Crippen LogP contribution is -2.58. The number of halogens is 3. The summed E-state index contributed by atoms with van der Waals surface area (Å²) in [5.41, 5.74) is 1.84. The van der Waals surface area contributed by atoms with Gasteiger partial charge >= 0.3 is 6.09 Å². The van der Waals surface area contributed by atoms with Gasteiger partial charge < -0.3 is 10.0 Å². The Labute approximate surface area is 219 Å². The third-order valence-electron chi connectivity index (χ3n) is 7.38. The number of carbonyl (C=O) groups is 1. The molecule has 1 N–H and O–H groups in total. The van der Waals surface area contributed by atoms with E-state index in [1.807, 2.05) is 39.8 Å². The largest absolute Gasteiger partial charge is 0.465 e. The molecule has 0 bridgehead atoms. The molecule has 184 valence electrons. The zero-order chi connectivity index (χ0) is 24.8. The highest BCUT2D eigenvalue weighted by molar-refractivity contribution is 9.10. The number of piperidine rings is 1. The van der Waals surface area contributed by atoms with Gasteiger partial charge in [-0.3, -0.25) is 4.90 Å². The molecule has 6 nitrogen and oxygen atoms in total. The van der Waals surface area contributed by atoms with Crippen LogP contribution in [-0.2, 0) is 0 Å². The average molecular weight is 570 g/mol. The number of carboxylic acid groups (broad SMARTS) is 1. The molecule has 2 aliphatic rings. The molecule has 1 amide bonds. The fourth-order valence-electron chi connectivity index (χ4n) is 5.79. The van der Waals surface area contributed by atoms with E-state index in [0.717, 1.165) is 62.3 Å². The highest BCUT2D eigenvalue weighted by Gasteiger charge is 2.51. The maximum atomic E-state index is 12.2. The van der Waals surface area contributed by atoms with E-state index >= 15 is 0 Å². The molecule has 1 aliphatic carbocycles. The second-order valence-corrected chi connectivity index (χ2v) is 12.0. The summed E-state index contributed by atoms with van der Waals surface area (Å²) in [6.07, 6.45) is 4.13. The molecule has 4 rings (SSSR count). The first kappa shape index (κ1) is 25.5. The van der Waals surface area contributed by atoms with E-state index in [1.165, 1.54) is 0 Å². The van der Waals surface area contributed by atoms with Crippen LogP contribution in [-0.4, -0.2) is 50.7 Å². The number of hydrogen-bond donors (Lipinski definition) is 1. The van der Waals surface area contributed by atoms with Crippen LogP contribution in [0.25, 0.3) is 11.3 Å². The van der Waals surface area contributed by atoms with Gasteiger partial charge in [0, 0.05) is 30.2 Å². The Hall–Kier alpha value is -1.57. The molecule has 1 spiro atoms. The summed E-state index contributed by atoms with van der Waals surface area (Å²) in [6.45, 7) is 9.54. The van der Waals surface area contributed by atoms with Crippen molar-refractivity contribution >= 4 is 51.0 Å². The molecule has 2 heterocycles. The Kier molecular flexibility index (Phi) is 7.11. The number of amides is 1. The van der Waals surface area contributed by atoms with Crippen molar-refractivity contribution in [3.63, 3.8) is 0 Å². The van der Waals surface area contributed by atoms with Crippen LogP contribution < -0.4 is 4.90 Å². The molecule has 1 saturated carbocycles. The van der Waals surface area contributed by atoms with Crippen LogP contribution in [0, 0.1) is 12.3 Å². The molecule has 1 aromatic heterocycles. The first-order valence-corrected chi connectivity index (χ1v) is 13.3. The van der Waals surface area contributed by atoms with Crippen molar-refractivity contribution in [1.82, 2.24) is 14.9 Å². The third kappa shape index (κ3) is 4.63. The summed E-state index contributed by atoms with van der Waals surface area (Å²) < 4.78 is 0.671. The van der Waals surface area contributed by atoms with Crippen LogP contribution in [0.15, 0.2) is 22.8 Å². The van der Waals surface area contributed by atoms with Gasteiger partial charge in [0.25, 0.3) is 0 Å². The van der Waals surface area contributed by atoms with Gasteiger partial charge in [-0.25, -0.2) is 14.8 Å². The van der Waals surface area contributed by atoms with Gasteiger partial charge in [0.05, 0.1) is 21.4 Å². The van der Waals surface area contributed by atoms with Crippen molar-refractivity contribution in [1.29, 1.82) is 0 Å². The molecule has 1 unspecified atom stereocenters. The normalized spacial score (nSPS) is 20.1. The van der Waals surface area contributed by atoms with Crippen LogP contribution in [0.4, 0.5) is 10.6 Å². The molecule has 1 saturated heterocycles. The summed E-state index contributed by atoms with van der Waals surface area (Å²) in [4.78, 5) is 25.8. The second kappa shape index (κ2) is 9.47. The van der Waals surface area contributed by atoms with Crippen molar-refractivity contribution in [2.75, 3.05) is 18.0 Å². The van der Waals surface area contributed by atoms with Gasteiger partial charge in [-0.1, -0.05) is 41.8 Å². The molecule has 1 aromatic carbocycles. The number of rotatable bonds is 3. The molecule has 2 fully saturated rings. The molecular formula is C25H31BrCl2N4O2. The smallest absolute Gasteiger partial charge is 0.408 e. The Morgan fingerprint density at radius 2 is 1.88 bits per heavy atom. The molecule has 1 aliphatic heterocycles. The van der Waals surface area contributed by atoms with E-state index in [4.69, 9.17) is 33.2 Å². The summed E-state index contributed by atoms with van der Waals surface area (Å²) in [6, 6.07) is 5.55. The summed E-state index contributed by atoms with van der Waals surface area (Å²) >= 11 is 16.3. The van der Waals surface area contributed by atoms with E-state index in [9.17, 15) is 9.90 Å². The van der Waals surface area contributed by atoms with E-state index in [-0.39, 0.29) is 11.5 Å². The number of aromatic nitrogens is 2. The number of nitrogens with zero attached hydrogens (tertiary/aromatic N) is 4. The van der Waals surface area contributed by atoms with E-state index in [1.54, 1.807) is 11.0 Å². The van der Waals surface area contributed by atoms with Crippen LogP contribution in [0.1, 0.15) is 58.6 Å². The highest BCUT2D eigenvalue weighted by atomic mass is 79.9. The van der Waals surface area contributed by atoms with Gasteiger partial charge in [0.2, 0.25) is 0 Å². The lowest BCUT2D eigenvalue weighted by Gasteiger charge is -2.50. The minimum Gasteiger partial charge on any atom is -0.465 e. The Morgan fingerprint density at radius 3 is 2.50 bits per heavy atom. The van der Waals surface area contributed by atoms with Crippen molar-refractivity contribution in [3.8, 4) is 11.3 Å². The number of benzene rings is 1. The molecular weight excluding hydrogens is 539 g/mol. The van der Waals surface area contributed by atoms with Crippen LogP contribution >= 0.6 is 39.1 Å². The summed E-state index contributed by atoms with van der Waals surface area (Å²) in [5, 5.41) is 11.0. The quantitative estimate of drug-likeness (QED) is 0.416. The fraction of sp³-hybridized carbons (Fsp3) is 0.560. The Balaban J connectivity index is 1.57. The maximum Gasteiger partial charge on any atom is 0.408 e. The molecule has 0 radical (unpaired) electrons. The standard InChI is InChI=1S/C25H31BrCl2N4O2/c1-15-20(16-7-5-8-17(27)19(16)28)30-21(26)22(29-15)31-13-11-25(12-14-31)10-6-9-18(25)32(23(33)34)24(2,3)4/h5,7-8,18H,6,9-14H2,1-4H3,(H,33,34). The van der Waals surface area contributed by atoms with Gasteiger partial charge in [0.1, 0.15) is 4.60 Å². The van der Waals surface area contributed by atoms with E-state index < -0.39 is 11.6 Å². The predicted molar refractivity (Wildman–Crippen MR) is 141 cm³/mol. The Bertz CT molecular complexity index is 1100. The topological polar surface area (TPSA) is 69.6 Å². The predicted octanol–water partition coefficient (Wildman–Crippen LogP) is 7.44. The van der Waals surface area contributed by atoms with Crippen LogP contribution in [0.3, 0.4) is 0 Å². The first-order valence-electron chi connectivity index (χ1n) is 11.7.